The average molecular weight is 330 g/mol. The van der Waals surface area contributed by atoms with Crippen molar-refractivity contribution in [2.45, 2.75) is 32.1 Å². The lowest BCUT2D eigenvalue weighted by Gasteiger charge is -2.27. The lowest BCUT2D eigenvalue weighted by Crippen LogP contribution is -2.42. The van der Waals surface area contributed by atoms with Crippen LogP contribution in [0.4, 0.5) is 0 Å². The molecule has 7 heteroatoms. The Kier molecular flexibility index (Phi) is 5.86. The van der Waals surface area contributed by atoms with Gasteiger partial charge >= 0.3 is 0 Å². The van der Waals surface area contributed by atoms with Crippen LogP contribution in [-0.2, 0) is 15.8 Å². The smallest absolute Gasteiger partial charge is 0.218 e. The van der Waals surface area contributed by atoms with E-state index in [0.717, 1.165) is 0 Å². The molecule has 0 amide bonds. The van der Waals surface area contributed by atoms with Gasteiger partial charge in [0.05, 0.1) is 11.4 Å². The Hall–Kier alpha value is -1.02. The van der Waals surface area contributed by atoms with Crippen LogP contribution >= 0.6 is 12.2 Å². The molecule has 0 aliphatic heterocycles. The maximum Gasteiger partial charge on any atom is 0.218 e. The minimum absolute atomic E-state index is 0.0564. The quantitative estimate of drug-likeness (QED) is 0.735. The van der Waals surface area contributed by atoms with Crippen molar-refractivity contribution in [3.05, 3.63) is 35.4 Å². The zero-order valence-electron chi connectivity index (χ0n) is 12.5. The van der Waals surface area contributed by atoms with Gasteiger partial charge in [-0.25, -0.2) is 8.42 Å². The second-order valence-corrected chi connectivity index (χ2v) is 7.97. The largest absolute Gasteiger partial charge is 0.389 e. The maximum absolute atomic E-state index is 12.4. The molecule has 0 saturated heterocycles. The predicted molar refractivity (Wildman–Crippen MR) is 88.5 cm³/mol. The van der Waals surface area contributed by atoms with Gasteiger partial charge in [0.15, 0.2) is 0 Å². The van der Waals surface area contributed by atoms with Crippen molar-refractivity contribution in [2.75, 3.05) is 13.1 Å². The average Bonchev–Trinajstić information content (AvgIpc) is 2.34. The Balaban J connectivity index is 2.98. The zero-order chi connectivity index (χ0) is 16.3. The van der Waals surface area contributed by atoms with Crippen molar-refractivity contribution in [1.82, 2.24) is 4.31 Å². The summed E-state index contributed by atoms with van der Waals surface area (Å²) in [5.74, 6) is -0.145. The second-order valence-electron chi connectivity index (χ2n) is 5.56. The molecular weight excluding hydrogens is 308 g/mol. The topological polar surface area (TPSA) is 83.6 Å². The van der Waals surface area contributed by atoms with Crippen LogP contribution in [0.15, 0.2) is 24.3 Å². The van der Waals surface area contributed by atoms with Gasteiger partial charge in [-0.2, -0.15) is 4.31 Å². The first-order valence-electron chi connectivity index (χ1n) is 6.64. The maximum atomic E-state index is 12.4. The first-order valence-corrected chi connectivity index (χ1v) is 8.66. The van der Waals surface area contributed by atoms with E-state index in [-0.39, 0.29) is 17.3 Å². The molecule has 0 unspecified atom stereocenters. The third-order valence-electron chi connectivity index (χ3n) is 2.87. The molecule has 118 valence electrons. The van der Waals surface area contributed by atoms with E-state index < -0.39 is 15.6 Å². The molecule has 0 saturated carbocycles. The summed E-state index contributed by atoms with van der Waals surface area (Å²) >= 11 is 4.89. The fourth-order valence-corrected chi connectivity index (χ4v) is 3.77. The van der Waals surface area contributed by atoms with Crippen LogP contribution < -0.4 is 5.73 Å². The molecular formula is C14H22N2O3S2. The Bertz CT molecular complexity index is 607. The van der Waals surface area contributed by atoms with E-state index >= 15 is 0 Å². The van der Waals surface area contributed by atoms with Gasteiger partial charge < -0.3 is 10.8 Å². The molecule has 0 atom stereocenters. The summed E-state index contributed by atoms with van der Waals surface area (Å²) in [6.45, 7) is 5.27. The lowest BCUT2D eigenvalue weighted by atomic mass is 10.1. The molecule has 3 N–H and O–H groups in total. The van der Waals surface area contributed by atoms with Crippen LogP contribution in [0.3, 0.4) is 0 Å². The van der Waals surface area contributed by atoms with Crippen LogP contribution in [0.1, 0.15) is 31.9 Å². The van der Waals surface area contributed by atoms with E-state index in [2.05, 4.69) is 0 Å². The van der Waals surface area contributed by atoms with Gasteiger partial charge in [0.1, 0.15) is 4.99 Å². The molecule has 0 spiro atoms. The highest BCUT2D eigenvalue weighted by Crippen LogP contribution is 2.15. The summed E-state index contributed by atoms with van der Waals surface area (Å²) in [7, 11) is -3.51. The Morgan fingerprint density at radius 2 is 2.05 bits per heavy atom. The normalized spacial score (nSPS) is 12.6. The fraction of sp³-hybridized carbons (Fsp3) is 0.500. The van der Waals surface area contributed by atoms with Gasteiger partial charge in [-0.3, -0.25) is 0 Å². The summed E-state index contributed by atoms with van der Waals surface area (Å²) in [6.07, 6.45) is 0. The van der Waals surface area contributed by atoms with Crippen LogP contribution in [-0.4, -0.2) is 41.5 Å². The van der Waals surface area contributed by atoms with Crippen molar-refractivity contribution in [2.24, 2.45) is 5.73 Å². The highest BCUT2D eigenvalue weighted by molar-refractivity contribution is 7.88. The van der Waals surface area contributed by atoms with E-state index in [1.165, 1.54) is 4.31 Å². The molecule has 0 radical (unpaired) electrons. The molecule has 1 aromatic rings. The van der Waals surface area contributed by atoms with Gasteiger partial charge in [0.2, 0.25) is 10.0 Å². The highest BCUT2D eigenvalue weighted by atomic mass is 32.2. The molecule has 5 nitrogen and oxygen atoms in total. The van der Waals surface area contributed by atoms with Crippen molar-refractivity contribution in [1.29, 1.82) is 0 Å². The minimum Gasteiger partial charge on any atom is -0.389 e. The molecule has 0 aliphatic rings. The summed E-state index contributed by atoms with van der Waals surface area (Å²) in [6, 6.07) is 6.87. The molecule has 0 heterocycles. The molecule has 21 heavy (non-hydrogen) atoms. The number of nitrogens with zero attached hydrogens (tertiary/aromatic N) is 1. The monoisotopic (exact) mass is 330 g/mol. The molecule has 0 bridgehead atoms. The summed E-state index contributed by atoms with van der Waals surface area (Å²) in [5.41, 5.74) is 5.74. The lowest BCUT2D eigenvalue weighted by molar-refractivity contribution is 0.0601. The van der Waals surface area contributed by atoms with E-state index in [1.54, 1.807) is 45.0 Å². The van der Waals surface area contributed by atoms with Gasteiger partial charge in [0.25, 0.3) is 0 Å². The van der Waals surface area contributed by atoms with Crippen molar-refractivity contribution in [3.8, 4) is 0 Å². The fourth-order valence-electron chi connectivity index (χ4n) is 1.95. The van der Waals surface area contributed by atoms with Crippen LogP contribution in [0.5, 0.6) is 0 Å². The molecule has 0 aliphatic carbocycles. The van der Waals surface area contributed by atoms with Crippen molar-refractivity contribution in [3.63, 3.8) is 0 Å². The van der Waals surface area contributed by atoms with Gasteiger partial charge in [-0.1, -0.05) is 37.3 Å². The number of hydrogen-bond acceptors (Lipinski definition) is 4. The van der Waals surface area contributed by atoms with E-state index in [0.29, 0.717) is 17.7 Å². The molecule has 1 rings (SSSR count). The van der Waals surface area contributed by atoms with Crippen molar-refractivity contribution >= 4 is 27.2 Å². The Morgan fingerprint density at radius 1 is 1.43 bits per heavy atom. The summed E-state index contributed by atoms with van der Waals surface area (Å²) < 4.78 is 26.2. The first kappa shape index (κ1) is 18.0. The van der Waals surface area contributed by atoms with Gasteiger partial charge in [0, 0.05) is 18.7 Å². The van der Waals surface area contributed by atoms with E-state index in [4.69, 9.17) is 18.0 Å². The molecule has 1 aromatic carbocycles. The summed E-state index contributed by atoms with van der Waals surface area (Å²) in [5, 5.41) is 9.83. The SMILES string of the molecule is CCN(CC(C)(C)O)S(=O)(=O)Cc1cccc(C(N)=S)c1. The van der Waals surface area contributed by atoms with Gasteiger partial charge in [-0.05, 0) is 25.5 Å². The number of thiocarbonyl (C=S) groups is 1. The summed E-state index contributed by atoms with van der Waals surface area (Å²) in [4.78, 5) is 0.234. The van der Waals surface area contributed by atoms with Crippen LogP contribution in [0, 0.1) is 0 Å². The van der Waals surface area contributed by atoms with E-state index in [9.17, 15) is 13.5 Å². The minimum atomic E-state index is -3.51. The number of benzene rings is 1. The standard InChI is InChI=1S/C14H22N2O3S2/c1-4-16(10-14(2,3)17)21(18,19)9-11-6-5-7-12(8-11)13(15)20/h5-8,17H,4,9-10H2,1-3H3,(H2,15,20). The van der Waals surface area contributed by atoms with Crippen LogP contribution in [0.2, 0.25) is 0 Å². The van der Waals surface area contributed by atoms with Gasteiger partial charge in [-0.15, -0.1) is 0 Å². The highest BCUT2D eigenvalue weighted by Gasteiger charge is 2.27. The zero-order valence-corrected chi connectivity index (χ0v) is 14.2. The number of aliphatic hydroxyl groups is 1. The number of hydrogen-bond donors (Lipinski definition) is 2. The molecule has 0 fully saturated rings. The number of sulfonamides is 1. The number of likely N-dealkylation sites (N-methyl/N-ethyl adjacent to an activating group) is 1. The predicted octanol–water partition coefficient (Wildman–Crippen LogP) is 1.24. The Labute approximate surface area is 131 Å². The van der Waals surface area contributed by atoms with Crippen molar-refractivity contribution < 1.29 is 13.5 Å². The van der Waals surface area contributed by atoms with Crippen LogP contribution in [0.25, 0.3) is 0 Å². The number of nitrogens with two attached hydrogens (primary N) is 1. The number of rotatable bonds is 7. The molecule has 0 aromatic heterocycles. The Morgan fingerprint density at radius 3 is 2.52 bits per heavy atom. The van der Waals surface area contributed by atoms with E-state index in [1.807, 2.05) is 0 Å². The first-order chi connectivity index (χ1) is 9.55. The third kappa shape index (κ3) is 5.70. The third-order valence-corrected chi connectivity index (χ3v) is 4.98. The second kappa shape index (κ2) is 6.83.